The fraction of sp³-hybridized carbons (Fsp3) is 0.526. The number of hydrogen-bond acceptors (Lipinski definition) is 6. The van der Waals surface area contributed by atoms with Gasteiger partial charge in [-0.1, -0.05) is 62.2 Å². The van der Waals surface area contributed by atoms with Crippen molar-refractivity contribution in [3.63, 3.8) is 0 Å². The molecule has 2 aromatic rings. The molecule has 3 unspecified atom stereocenters. The topological polar surface area (TPSA) is 114 Å². The monoisotopic (exact) mass is 647 g/mol. The van der Waals surface area contributed by atoms with Gasteiger partial charge >= 0.3 is 12.1 Å². The van der Waals surface area contributed by atoms with E-state index in [0.717, 1.165) is 5.56 Å². The van der Waals surface area contributed by atoms with Gasteiger partial charge in [0.05, 0.1) is 0 Å². The third-order valence-electron chi connectivity index (χ3n) is 6.85. The Morgan fingerprint density at radius 2 is 1.34 bits per heavy atom. The number of terminal acetylenes is 1. The van der Waals surface area contributed by atoms with E-state index in [0.29, 0.717) is 17.5 Å². The zero-order valence-corrected chi connectivity index (χ0v) is 29.9. The first kappa shape index (κ1) is 38.9. The molecule has 0 bridgehead atoms. The lowest BCUT2D eigenvalue weighted by molar-refractivity contribution is -0.159. The molecule has 0 heterocycles. The van der Waals surface area contributed by atoms with E-state index in [9.17, 15) is 19.2 Å². The second kappa shape index (κ2) is 16.0. The van der Waals surface area contributed by atoms with Crippen molar-refractivity contribution in [2.75, 3.05) is 0 Å². The zero-order valence-electron chi connectivity index (χ0n) is 29.9. The molecule has 47 heavy (non-hydrogen) atoms. The molecule has 2 N–H and O–H groups in total. The van der Waals surface area contributed by atoms with Crippen molar-refractivity contribution in [2.45, 2.75) is 124 Å². The molecule has 0 aliphatic heterocycles. The van der Waals surface area contributed by atoms with Crippen molar-refractivity contribution >= 4 is 23.9 Å². The second-order valence-corrected chi connectivity index (χ2v) is 15.2. The lowest BCUT2D eigenvalue weighted by Crippen LogP contribution is -2.60. The number of carbonyl (C=O) groups excluding carboxylic acids is 4. The maximum Gasteiger partial charge on any atom is 0.408 e. The van der Waals surface area contributed by atoms with Crippen molar-refractivity contribution in [1.29, 1.82) is 0 Å². The molecular weight excluding hydrogens is 594 g/mol. The minimum atomic E-state index is -1.20. The lowest BCUT2D eigenvalue weighted by atomic mass is 9.93. The molecule has 3 amide bonds. The average molecular weight is 648 g/mol. The smallest absolute Gasteiger partial charge is 0.408 e. The van der Waals surface area contributed by atoms with Crippen LogP contribution in [0, 0.1) is 18.3 Å². The van der Waals surface area contributed by atoms with Gasteiger partial charge in [0.15, 0.2) is 0 Å². The van der Waals surface area contributed by atoms with E-state index in [4.69, 9.17) is 15.9 Å². The van der Waals surface area contributed by atoms with Gasteiger partial charge in [0.25, 0.3) is 0 Å². The number of nitrogens with zero attached hydrogens (tertiary/aromatic N) is 1. The maximum absolute atomic E-state index is 14.6. The van der Waals surface area contributed by atoms with Crippen LogP contribution in [-0.4, -0.2) is 57.6 Å². The Balaban J connectivity index is 2.68. The van der Waals surface area contributed by atoms with Crippen LogP contribution in [0.1, 0.15) is 105 Å². The van der Waals surface area contributed by atoms with E-state index in [1.54, 1.807) is 65.8 Å². The summed E-state index contributed by atoms with van der Waals surface area (Å²) in [5.74, 6) is 0.927. The van der Waals surface area contributed by atoms with Gasteiger partial charge in [0.2, 0.25) is 11.8 Å². The van der Waals surface area contributed by atoms with Crippen LogP contribution in [0.15, 0.2) is 54.6 Å². The summed E-state index contributed by atoms with van der Waals surface area (Å²) in [6.07, 6.45) is 5.34. The molecule has 0 fully saturated rings. The molecule has 2 rings (SSSR count). The number of nitrogens with one attached hydrogen (secondary N) is 2. The molecule has 3 atom stereocenters. The van der Waals surface area contributed by atoms with Crippen molar-refractivity contribution in [3.8, 4) is 12.3 Å². The van der Waals surface area contributed by atoms with Crippen LogP contribution in [0.5, 0.6) is 0 Å². The zero-order chi connectivity index (χ0) is 35.7. The Kier molecular flexibility index (Phi) is 13.2. The van der Waals surface area contributed by atoms with E-state index in [1.807, 2.05) is 65.0 Å². The summed E-state index contributed by atoms with van der Waals surface area (Å²) >= 11 is 0. The van der Waals surface area contributed by atoms with Crippen LogP contribution in [0.3, 0.4) is 0 Å². The first-order valence-corrected chi connectivity index (χ1v) is 16.1. The Morgan fingerprint density at radius 1 is 0.787 bits per heavy atom. The number of esters is 1. The molecular formula is C38H53N3O6. The lowest BCUT2D eigenvalue weighted by Gasteiger charge is -2.43. The first-order valence-electron chi connectivity index (χ1n) is 16.1. The standard InChI is InChI=1S/C38H53N3O6/c1-13-26-19-21-28(22-20-26)31(32(42)39-30(34(44)46-37(7,8)9)24-27-17-15-14-16-18-27)41(36(4,5)6)33(43)29(23-25(2)3)40-35(45)47-38(10,11)12/h1,14-22,25,29-31H,23-24H2,2-12H3,(H,39,42)(H,40,45). The quantitative estimate of drug-likeness (QED) is 0.217. The normalized spacial score (nSPS) is 13.9. The van der Waals surface area contributed by atoms with E-state index in [2.05, 4.69) is 16.6 Å². The maximum atomic E-state index is 14.6. The van der Waals surface area contributed by atoms with Crippen LogP contribution in [-0.2, 0) is 30.3 Å². The molecule has 0 saturated carbocycles. The molecule has 0 aliphatic rings. The number of ether oxygens (including phenoxy) is 2. The van der Waals surface area contributed by atoms with Crippen LogP contribution in [0.2, 0.25) is 0 Å². The number of alkyl carbamates (subject to hydrolysis) is 1. The van der Waals surface area contributed by atoms with E-state index in [-0.39, 0.29) is 12.3 Å². The molecule has 9 nitrogen and oxygen atoms in total. The fourth-order valence-corrected chi connectivity index (χ4v) is 5.00. The summed E-state index contributed by atoms with van der Waals surface area (Å²) in [5.41, 5.74) is -0.604. The molecule has 0 aromatic heterocycles. The van der Waals surface area contributed by atoms with Gasteiger partial charge in [-0.05, 0) is 97.9 Å². The molecule has 256 valence electrons. The Labute approximate surface area is 281 Å². The molecule has 0 radical (unpaired) electrons. The van der Waals surface area contributed by atoms with Crippen LogP contribution < -0.4 is 10.6 Å². The van der Waals surface area contributed by atoms with Crippen molar-refractivity contribution < 1.29 is 28.7 Å². The largest absolute Gasteiger partial charge is 0.458 e. The summed E-state index contributed by atoms with van der Waals surface area (Å²) in [5, 5.41) is 5.67. The van der Waals surface area contributed by atoms with Gasteiger partial charge in [-0.2, -0.15) is 0 Å². The van der Waals surface area contributed by atoms with Crippen molar-refractivity contribution in [3.05, 3.63) is 71.3 Å². The van der Waals surface area contributed by atoms with Gasteiger partial charge in [-0.3, -0.25) is 9.59 Å². The molecule has 0 saturated heterocycles. The number of benzene rings is 2. The third-order valence-corrected chi connectivity index (χ3v) is 6.85. The highest BCUT2D eigenvalue weighted by atomic mass is 16.6. The van der Waals surface area contributed by atoms with Gasteiger partial charge in [-0.25, -0.2) is 9.59 Å². The highest BCUT2D eigenvalue weighted by Gasteiger charge is 2.43. The molecule has 2 aromatic carbocycles. The first-order chi connectivity index (χ1) is 21.6. The van der Waals surface area contributed by atoms with Crippen LogP contribution in [0.4, 0.5) is 4.79 Å². The number of amides is 3. The predicted octanol–water partition coefficient (Wildman–Crippen LogP) is 6.34. The van der Waals surface area contributed by atoms with Gasteiger partial charge in [0, 0.05) is 17.5 Å². The Bertz CT molecular complexity index is 1410. The van der Waals surface area contributed by atoms with Crippen LogP contribution in [0.25, 0.3) is 0 Å². The van der Waals surface area contributed by atoms with Gasteiger partial charge in [-0.15, -0.1) is 6.42 Å². The highest BCUT2D eigenvalue weighted by molar-refractivity contribution is 5.94. The van der Waals surface area contributed by atoms with Crippen molar-refractivity contribution in [1.82, 2.24) is 15.5 Å². The minimum Gasteiger partial charge on any atom is -0.458 e. The second-order valence-electron chi connectivity index (χ2n) is 15.2. The Morgan fingerprint density at radius 3 is 1.81 bits per heavy atom. The number of carbonyl (C=O) groups is 4. The third kappa shape index (κ3) is 12.8. The summed E-state index contributed by atoms with van der Waals surface area (Å²) in [6.45, 7) is 19.8. The predicted molar refractivity (Wildman–Crippen MR) is 184 cm³/mol. The van der Waals surface area contributed by atoms with E-state index >= 15 is 0 Å². The van der Waals surface area contributed by atoms with Gasteiger partial charge < -0.3 is 25.0 Å². The fourth-order valence-electron chi connectivity index (χ4n) is 5.00. The van der Waals surface area contributed by atoms with E-state index in [1.165, 1.54) is 4.90 Å². The minimum absolute atomic E-state index is 0.0188. The van der Waals surface area contributed by atoms with Crippen molar-refractivity contribution in [2.24, 2.45) is 5.92 Å². The molecule has 9 heteroatoms. The summed E-state index contributed by atoms with van der Waals surface area (Å²) < 4.78 is 11.2. The Hall–Kier alpha value is -4.32. The summed E-state index contributed by atoms with van der Waals surface area (Å²) in [6, 6.07) is 12.8. The van der Waals surface area contributed by atoms with E-state index < -0.39 is 58.7 Å². The summed E-state index contributed by atoms with van der Waals surface area (Å²) in [4.78, 5) is 57.1. The SMILES string of the molecule is C#Cc1ccc(C(C(=O)NC(Cc2ccccc2)C(=O)OC(C)(C)C)N(C(=O)C(CC(C)C)NC(=O)OC(C)(C)C)C(C)(C)C)cc1. The molecule has 0 spiro atoms. The summed E-state index contributed by atoms with van der Waals surface area (Å²) in [7, 11) is 0. The number of rotatable bonds is 11. The highest BCUT2D eigenvalue weighted by Crippen LogP contribution is 2.31. The molecule has 0 aliphatic carbocycles. The number of hydrogen-bond donors (Lipinski definition) is 2. The van der Waals surface area contributed by atoms with Crippen LogP contribution >= 0.6 is 0 Å². The van der Waals surface area contributed by atoms with Gasteiger partial charge in [0.1, 0.15) is 29.3 Å². The average Bonchev–Trinajstić information content (AvgIpc) is 2.92.